The van der Waals surface area contributed by atoms with Crippen molar-refractivity contribution in [2.45, 2.75) is 89.1 Å². The molecule has 3 aliphatic carbocycles. The Morgan fingerprint density at radius 1 is 0.446 bits per heavy atom. The van der Waals surface area contributed by atoms with E-state index in [0.717, 1.165) is 56.9 Å². The number of benzene rings is 5. The number of rotatable bonds is 6. The summed E-state index contributed by atoms with van der Waals surface area (Å²) in [4.78, 5) is 14.6. The first kappa shape index (κ1) is 32.4. The molecule has 0 bridgehead atoms. The van der Waals surface area contributed by atoms with Crippen LogP contribution in [0.15, 0.2) is 118 Å². The number of para-hydroxylation sites is 2. The molecule has 2 saturated carbocycles. The zero-order valence-electron chi connectivity index (χ0n) is 31.6. The predicted molar refractivity (Wildman–Crippen MR) is 230 cm³/mol. The van der Waals surface area contributed by atoms with E-state index < -0.39 is 0 Å². The lowest BCUT2D eigenvalue weighted by molar-refractivity contribution is 0.435. The van der Waals surface area contributed by atoms with Gasteiger partial charge in [0.25, 0.3) is 0 Å². The van der Waals surface area contributed by atoms with E-state index in [9.17, 15) is 0 Å². The molecule has 0 unspecified atom stereocenters. The van der Waals surface area contributed by atoms with Crippen LogP contribution in [0, 0.1) is 0 Å². The minimum absolute atomic E-state index is 0.384. The molecule has 12 rings (SSSR count). The van der Waals surface area contributed by atoms with Crippen LogP contribution in [0.1, 0.15) is 75.3 Å². The first-order valence-corrected chi connectivity index (χ1v) is 20.9. The van der Waals surface area contributed by atoms with Gasteiger partial charge in [0.05, 0.1) is 11.4 Å². The van der Waals surface area contributed by atoms with Gasteiger partial charge in [-0.3, -0.25) is 0 Å². The Morgan fingerprint density at radius 3 is 1.62 bits per heavy atom. The lowest BCUT2D eigenvalue weighted by atomic mass is 9.83. The number of pyridine rings is 2. The summed E-state index contributed by atoms with van der Waals surface area (Å²) in [7, 11) is 0. The molecule has 56 heavy (non-hydrogen) atoms. The Balaban J connectivity index is 1.09. The highest BCUT2D eigenvalue weighted by Gasteiger charge is 2.32. The highest BCUT2D eigenvalue weighted by atomic mass is 16.3. The molecule has 6 heteroatoms. The molecule has 4 aromatic heterocycles. The van der Waals surface area contributed by atoms with Crippen LogP contribution in [0.5, 0.6) is 0 Å². The maximum absolute atomic E-state index is 6.64. The Hall–Kier alpha value is -5.88. The van der Waals surface area contributed by atoms with Crippen molar-refractivity contribution in [1.29, 1.82) is 0 Å². The van der Waals surface area contributed by atoms with Gasteiger partial charge in [-0.05, 0) is 114 Å². The largest absolute Gasteiger partial charge is 0.436 e. The fourth-order valence-electron chi connectivity index (χ4n) is 10.9. The van der Waals surface area contributed by atoms with E-state index in [4.69, 9.17) is 8.83 Å². The van der Waals surface area contributed by atoms with E-state index in [1.807, 2.05) is 24.5 Å². The molecule has 0 saturated heterocycles. The van der Waals surface area contributed by atoms with Gasteiger partial charge in [-0.1, -0.05) is 87.1 Å². The molecule has 9 aromatic rings. The van der Waals surface area contributed by atoms with Crippen LogP contribution in [-0.4, -0.2) is 22.1 Å². The lowest BCUT2D eigenvalue weighted by Gasteiger charge is -2.39. The van der Waals surface area contributed by atoms with Gasteiger partial charge < -0.3 is 18.6 Å². The number of furan rings is 2. The van der Waals surface area contributed by atoms with Crippen molar-refractivity contribution in [2.75, 3.05) is 9.80 Å². The van der Waals surface area contributed by atoms with Crippen molar-refractivity contribution in [2.24, 2.45) is 0 Å². The van der Waals surface area contributed by atoms with Crippen LogP contribution in [0.3, 0.4) is 0 Å². The van der Waals surface area contributed by atoms with Gasteiger partial charge >= 0.3 is 0 Å². The molecule has 0 radical (unpaired) electrons. The zero-order valence-corrected chi connectivity index (χ0v) is 31.6. The van der Waals surface area contributed by atoms with Gasteiger partial charge in [-0.2, -0.15) is 0 Å². The molecule has 0 spiro atoms. The monoisotopic (exact) mass is 732 g/mol. The predicted octanol–water partition coefficient (Wildman–Crippen LogP) is 13.6. The molecular formula is C50H44N4O2. The van der Waals surface area contributed by atoms with E-state index in [2.05, 4.69) is 105 Å². The molecule has 6 nitrogen and oxygen atoms in total. The maximum Gasteiger partial charge on any atom is 0.227 e. The van der Waals surface area contributed by atoms with Crippen LogP contribution < -0.4 is 9.80 Å². The fraction of sp³-hybridized carbons (Fsp3) is 0.280. The van der Waals surface area contributed by atoms with Crippen LogP contribution in [-0.2, 0) is 12.8 Å². The van der Waals surface area contributed by atoms with Crippen LogP contribution in [0.2, 0.25) is 0 Å². The Morgan fingerprint density at radius 2 is 1.00 bits per heavy atom. The van der Waals surface area contributed by atoms with Gasteiger partial charge in [-0.15, -0.1) is 0 Å². The van der Waals surface area contributed by atoms with E-state index >= 15 is 0 Å². The molecule has 2 fully saturated rings. The first-order chi connectivity index (χ1) is 27.8. The van der Waals surface area contributed by atoms with Crippen molar-refractivity contribution < 1.29 is 8.83 Å². The fourth-order valence-corrected chi connectivity index (χ4v) is 10.9. The average molecular weight is 733 g/mol. The first-order valence-electron chi connectivity index (χ1n) is 20.9. The van der Waals surface area contributed by atoms with Crippen molar-refractivity contribution in [3.63, 3.8) is 0 Å². The second-order valence-corrected chi connectivity index (χ2v) is 16.4. The molecule has 276 valence electrons. The van der Waals surface area contributed by atoms with Crippen LogP contribution in [0.4, 0.5) is 22.7 Å². The second kappa shape index (κ2) is 12.8. The minimum Gasteiger partial charge on any atom is -0.436 e. The van der Waals surface area contributed by atoms with Crippen LogP contribution in [0.25, 0.3) is 65.7 Å². The molecule has 0 N–H and O–H groups in total. The van der Waals surface area contributed by atoms with Crippen molar-refractivity contribution in [1.82, 2.24) is 9.97 Å². The zero-order chi connectivity index (χ0) is 36.7. The molecule has 0 amide bonds. The molecule has 4 heterocycles. The normalized spacial score (nSPS) is 16.6. The molecule has 3 aliphatic rings. The van der Waals surface area contributed by atoms with Gasteiger partial charge in [0.15, 0.2) is 11.2 Å². The minimum atomic E-state index is 0.384. The summed E-state index contributed by atoms with van der Waals surface area (Å²) >= 11 is 0. The van der Waals surface area contributed by atoms with Gasteiger partial charge in [0.1, 0.15) is 0 Å². The van der Waals surface area contributed by atoms with E-state index in [0.29, 0.717) is 23.5 Å². The average Bonchev–Trinajstić information content (AvgIpc) is 3.84. The molecule has 0 aliphatic heterocycles. The number of hydrogen-bond acceptors (Lipinski definition) is 6. The summed E-state index contributed by atoms with van der Waals surface area (Å²) in [6, 6.07) is 36.8. The summed E-state index contributed by atoms with van der Waals surface area (Å²) < 4.78 is 13.3. The van der Waals surface area contributed by atoms with Crippen molar-refractivity contribution >= 4 is 88.4 Å². The van der Waals surface area contributed by atoms with Gasteiger partial charge in [0, 0.05) is 62.8 Å². The van der Waals surface area contributed by atoms with Crippen LogP contribution >= 0.6 is 0 Å². The Labute approximate surface area is 325 Å². The van der Waals surface area contributed by atoms with Gasteiger partial charge in [0.2, 0.25) is 11.4 Å². The highest BCUT2D eigenvalue weighted by Crippen LogP contribution is 2.50. The summed E-state index contributed by atoms with van der Waals surface area (Å²) in [5, 5.41) is 9.89. The quantitative estimate of drug-likeness (QED) is 0.159. The number of aromatic nitrogens is 2. The summed E-state index contributed by atoms with van der Waals surface area (Å²) in [5.41, 5.74) is 11.1. The van der Waals surface area contributed by atoms with Gasteiger partial charge in [-0.25, -0.2) is 9.97 Å². The highest BCUT2D eigenvalue weighted by molar-refractivity contribution is 6.18. The van der Waals surface area contributed by atoms with E-state index in [-0.39, 0.29) is 0 Å². The summed E-state index contributed by atoms with van der Waals surface area (Å²) in [5.74, 6) is 0. The third kappa shape index (κ3) is 4.87. The lowest BCUT2D eigenvalue weighted by Crippen LogP contribution is -2.34. The Kier molecular flexibility index (Phi) is 7.42. The smallest absolute Gasteiger partial charge is 0.227 e. The van der Waals surface area contributed by atoms with Crippen molar-refractivity contribution in [3.8, 4) is 0 Å². The van der Waals surface area contributed by atoms with E-state index in [1.165, 1.54) is 108 Å². The number of fused-ring (bicyclic) bond motifs is 6. The third-order valence-corrected chi connectivity index (χ3v) is 13.4. The number of anilines is 4. The summed E-state index contributed by atoms with van der Waals surface area (Å²) in [6.45, 7) is 0. The third-order valence-electron chi connectivity index (χ3n) is 13.4. The molecule has 5 aromatic carbocycles. The number of aryl methyl sites for hydroxylation is 2. The molecule has 0 atom stereocenters. The standard InChI is InChI=1S/C50H44N4O2/c1-3-11-33(12-4-1)53(43-19-7-15-35-37-17-9-29-51-49(37)55-47(35)43)41-27-23-31-22-26-40-42(28-24-32-21-25-39(41)45(31)46(32)40)54(34-13-5-2-6-14-34)44-20-8-16-36-38-18-10-30-52-50(38)56-48(36)44/h7-10,15-21,23-25,27-30,33-34H,1-6,11-14,22,26H2. The maximum atomic E-state index is 6.64. The van der Waals surface area contributed by atoms with Crippen molar-refractivity contribution in [3.05, 3.63) is 121 Å². The number of hydrogen-bond donors (Lipinski definition) is 0. The Bertz CT molecular complexity index is 2980. The summed E-state index contributed by atoms with van der Waals surface area (Å²) in [6.07, 6.45) is 18.0. The van der Waals surface area contributed by atoms with E-state index in [1.54, 1.807) is 0 Å². The topological polar surface area (TPSA) is 58.5 Å². The SMILES string of the molecule is c1cnc2oc3c(N(c4ccc5ccc6c(N(c7cccc8c7oc7ncccc78)C7CCCCC7)ccc7c6c5c4CC7)C4CCCCC4)cccc3c2c1. The number of nitrogens with zero attached hydrogens (tertiary/aromatic N) is 4. The second-order valence-electron chi connectivity index (χ2n) is 16.4. The molecular weight excluding hydrogens is 689 g/mol.